The molecule has 2 aliphatic rings. The molecule has 0 atom stereocenters. The average molecular weight is 315 g/mol. The molecule has 0 radical (unpaired) electrons. The van der Waals surface area contributed by atoms with Crippen LogP contribution in [0.25, 0.3) is 0 Å². The van der Waals surface area contributed by atoms with Gasteiger partial charge in [-0.1, -0.05) is 0 Å². The lowest BCUT2D eigenvalue weighted by Crippen LogP contribution is -2.37. The van der Waals surface area contributed by atoms with E-state index in [1.165, 1.54) is 0 Å². The highest BCUT2D eigenvalue weighted by Gasteiger charge is 2.27. The highest BCUT2D eigenvalue weighted by Crippen LogP contribution is 2.21. The Hall–Kier alpha value is -2.71. The first kappa shape index (κ1) is 13.9. The van der Waals surface area contributed by atoms with E-state index in [-0.39, 0.29) is 11.7 Å². The van der Waals surface area contributed by atoms with E-state index in [1.807, 2.05) is 6.07 Å². The van der Waals surface area contributed by atoms with Gasteiger partial charge in [0.05, 0.1) is 12.8 Å². The maximum Gasteiger partial charge on any atom is 0.293 e. The van der Waals surface area contributed by atoms with Crippen LogP contribution in [0, 0.1) is 0 Å². The Balaban J connectivity index is 1.56. The summed E-state index contributed by atoms with van der Waals surface area (Å²) in [7, 11) is 1.55. The van der Waals surface area contributed by atoms with Gasteiger partial charge in [0.15, 0.2) is 0 Å². The largest absolute Gasteiger partial charge is 0.480 e. The molecular formula is C14H17N7O2. The molecule has 0 saturated heterocycles. The molecule has 1 amide bonds. The molecule has 2 aromatic heterocycles. The van der Waals surface area contributed by atoms with Crippen LogP contribution in [0.3, 0.4) is 0 Å². The predicted molar refractivity (Wildman–Crippen MR) is 80.2 cm³/mol. The molecule has 2 aliphatic heterocycles. The smallest absolute Gasteiger partial charge is 0.293 e. The van der Waals surface area contributed by atoms with E-state index in [0.29, 0.717) is 31.3 Å². The molecule has 120 valence electrons. The predicted octanol–water partition coefficient (Wildman–Crippen LogP) is 0.0908. The van der Waals surface area contributed by atoms with Gasteiger partial charge < -0.3 is 15.0 Å². The Morgan fingerprint density at radius 2 is 2.26 bits per heavy atom. The Morgan fingerprint density at radius 1 is 1.35 bits per heavy atom. The van der Waals surface area contributed by atoms with Gasteiger partial charge in [-0.3, -0.25) is 4.79 Å². The third-order valence-electron chi connectivity index (χ3n) is 4.11. The summed E-state index contributed by atoms with van der Waals surface area (Å²) in [5.74, 6) is 1.21. The van der Waals surface area contributed by atoms with Crippen molar-refractivity contribution < 1.29 is 9.53 Å². The topological polar surface area (TPSA) is 98.1 Å². The zero-order chi connectivity index (χ0) is 15.8. The lowest BCUT2D eigenvalue weighted by atomic mass is 10.1. The van der Waals surface area contributed by atoms with Gasteiger partial charge in [0.25, 0.3) is 5.91 Å². The minimum Gasteiger partial charge on any atom is -0.480 e. The van der Waals surface area contributed by atoms with E-state index in [2.05, 4.69) is 25.6 Å². The molecule has 0 saturated carbocycles. The Morgan fingerprint density at radius 3 is 3.09 bits per heavy atom. The maximum absolute atomic E-state index is 12.7. The first-order valence-corrected chi connectivity index (χ1v) is 7.62. The van der Waals surface area contributed by atoms with E-state index in [4.69, 9.17) is 4.74 Å². The van der Waals surface area contributed by atoms with E-state index in [0.717, 1.165) is 30.8 Å². The number of amides is 1. The zero-order valence-corrected chi connectivity index (χ0v) is 12.8. The SMILES string of the molecule is COc1cc2c(nn1)CCN(C(=O)c1nc3n(n1)CCCN3)C2. The summed E-state index contributed by atoms with van der Waals surface area (Å²) in [4.78, 5) is 18.7. The number of methoxy groups -OCH3 is 1. The molecule has 0 bridgehead atoms. The number of carbonyl (C=O) groups excluding carboxylic acids is 1. The second-order valence-corrected chi connectivity index (χ2v) is 5.60. The summed E-state index contributed by atoms with van der Waals surface area (Å²) in [5.41, 5.74) is 1.87. The van der Waals surface area contributed by atoms with E-state index < -0.39 is 0 Å². The van der Waals surface area contributed by atoms with Gasteiger partial charge in [0, 0.05) is 44.2 Å². The van der Waals surface area contributed by atoms with Crippen molar-refractivity contribution in [1.82, 2.24) is 29.9 Å². The van der Waals surface area contributed by atoms with Crippen LogP contribution < -0.4 is 10.1 Å². The standard InChI is InChI=1S/C14H17N7O2/c1-23-11-7-9-8-20(6-3-10(9)17-18-11)13(22)12-16-14-15-4-2-5-21(14)19-12/h7H,2-6,8H2,1H3,(H,15,16,19). The van der Waals surface area contributed by atoms with Gasteiger partial charge in [-0.2, -0.15) is 10.1 Å². The molecule has 9 nitrogen and oxygen atoms in total. The minimum atomic E-state index is -0.157. The maximum atomic E-state index is 12.7. The van der Waals surface area contributed by atoms with Crippen molar-refractivity contribution in [1.29, 1.82) is 0 Å². The highest BCUT2D eigenvalue weighted by molar-refractivity contribution is 5.91. The molecule has 0 unspecified atom stereocenters. The second kappa shape index (κ2) is 5.49. The van der Waals surface area contributed by atoms with Crippen LogP contribution in [-0.2, 0) is 19.5 Å². The number of rotatable bonds is 2. The van der Waals surface area contributed by atoms with Crippen molar-refractivity contribution in [2.24, 2.45) is 0 Å². The molecule has 9 heteroatoms. The number of carbonyl (C=O) groups is 1. The zero-order valence-electron chi connectivity index (χ0n) is 12.8. The Kier molecular flexibility index (Phi) is 3.32. The summed E-state index contributed by atoms with van der Waals surface area (Å²) in [6, 6.07) is 1.83. The summed E-state index contributed by atoms with van der Waals surface area (Å²) in [6.07, 6.45) is 1.66. The fourth-order valence-corrected chi connectivity index (χ4v) is 2.87. The van der Waals surface area contributed by atoms with Gasteiger partial charge >= 0.3 is 0 Å². The summed E-state index contributed by atoms with van der Waals surface area (Å²) in [5, 5.41) is 15.6. The van der Waals surface area contributed by atoms with Crippen LogP contribution in [0.5, 0.6) is 5.88 Å². The summed E-state index contributed by atoms with van der Waals surface area (Å²) < 4.78 is 6.86. The van der Waals surface area contributed by atoms with Crippen molar-refractivity contribution in [2.45, 2.75) is 25.9 Å². The second-order valence-electron chi connectivity index (χ2n) is 5.60. The third-order valence-corrected chi connectivity index (χ3v) is 4.11. The number of aromatic nitrogens is 5. The molecule has 0 fully saturated rings. The van der Waals surface area contributed by atoms with Gasteiger partial charge in [0.2, 0.25) is 17.7 Å². The summed E-state index contributed by atoms with van der Waals surface area (Å²) in [6.45, 7) is 2.71. The quantitative estimate of drug-likeness (QED) is 0.838. The number of anilines is 1. The number of hydrogen-bond acceptors (Lipinski definition) is 7. The minimum absolute atomic E-state index is 0.157. The number of ether oxygens (including phenoxy) is 1. The van der Waals surface area contributed by atoms with Crippen molar-refractivity contribution in [3.05, 3.63) is 23.1 Å². The number of fused-ring (bicyclic) bond motifs is 2. The van der Waals surface area contributed by atoms with E-state index >= 15 is 0 Å². The molecule has 0 aliphatic carbocycles. The molecule has 2 aromatic rings. The molecular weight excluding hydrogens is 298 g/mol. The third kappa shape index (κ3) is 2.47. The Bertz CT molecular complexity index is 734. The first-order valence-electron chi connectivity index (χ1n) is 7.62. The van der Waals surface area contributed by atoms with Crippen molar-refractivity contribution in [3.63, 3.8) is 0 Å². The lowest BCUT2D eigenvalue weighted by Gasteiger charge is -2.26. The number of nitrogens with one attached hydrogen (secondary N) is 1. The van der Waals surface area contributed by atoms with Gasteiger partial charge in [-0.25, -0.2) is 4.68 Å². The van der Waals surface area contributed by atoms with Crippen LogP contribution in [0.2, 0.25) is 0 Å². The monoisotopic (exact) mass is 315 g/mol. The average Bonchev–Trinajstić information content (AvgIpc) is 3.04. The number of aryl methyl sites for hydroxylation is 1. The van der Waals surface area contributed by atoms with Crippen LogP contribution in [0.1, 0.15) is 28.3 Å². The molecule has 1 N–H and O–H groups in total. The van der Waals surface area contributed by atoms with Crippen LogP contribution in [-0.4, -0.2) is 56.0 Å². The molecule has 4 rings (SSSR count). The lowest BCUT2D eigenvalue weighted by molar-refractivity contribution is 0.0720. The van der Waals surface area contributed by atoms with Crippen LogP contribution in [0.15, 0.2) is 6.07 Å². The Labute approximate surface area is 132 Å². The van der Waals surface area contributed by atoms with E-state index in [1.54, 1.807) is 16.7 Å². The van der Waals surface area contributed by atoms with Crippen LogP contribution in [0.4, 0.5) is 5.95 Å². The number of nitrogens with zero attached hydrogens (tertiary/aromatic N) is 6. The first-order chi connectivity index (χ1) is 11.2. The molecule has 0 aromatic carbocycles. The van der Waals surface area contributed by atoms with Crippen molar-refractivity contribution >= 4 is 11.9 Å². The van der Waals surface area contributed by atoms with Gasteiger partial charge in [-0.15, -0.1) is 10.2 Å². The van der Waals surface area contributed by atoms with Crippen molar-refractivity contribution in [3.8, 4) is 5.88 Å². The summed E-state index contributed by atoms with van der Waals surface area (Å²) >= 11 is 0. The molecule has 23 heavy (non-hydrogen) atoms. The highest BCUT2D eigenvalue weighted by atomic mass is 16.5. The molecule has 0 spiro atoms. The van der Waals surface area contributed by atoms with Crippen molar-refractivity contribution in [2.75, 3.05) is 25.5 Å². The molecule has 4 heterocycles. The normalized spacial score (nSPS) is 16.3. The fraction of sp³-hybridized carbons (Fsp3) is 0.500. The van der Waals surface area contributed by atoms with Gasteiger partial charge in [-0.05, 0) is 6.42 Å². The van der Waals surface area contributed by atoms with E-state index in [9.17, 15) is 4.79 Å². The van der Waals surface area contributed by atoms with Crippen LogP contribution >= 0.6 is 0 Å². The fourth-order valence-electron chi connectivity index (χ4n) is 2.87. The number of hydrogen-bond donors (Lipinski definition) is 1. The van der Waals surface area contributed by atoms with Gasteiger partial charge in [0.1, 0.15) is 0 Å².